The molecule has 1 spiro atoms. The molecule has 1 N–H and O–H groups in total. The van der Waals surface area contributed by atoms with E-state index in [-0.39, 0.29) is 23.9 Å². The molecule has 4 rings (SSSR count). The van der Waals surface area contributed by atoms with Crippen LogP contribution in [0.15, 0.2) is 0 Å². The van der Waals surface area contributed by atoms with E-state index >= 15 is 0 Å². The highest BCUT2D eigenvalue weighted by molar-refractivity contribution is 6.47. The van der Waals surface area contributed by atoms with Gasteiger partial charge in [-0.25, -0.2) is 0 Å². The molecule has 3 aliphatic heterocycles. The van der Waals surface area contributed by atoms with E-state index in [0.29, 0.717) is 30.4 Å². The molecule has 0 aromatic rings. The van der Waals surface area contributed by atoms with Crippen molar-refractivity contribution >= 4 is 7.12 Å². The molecule has 3 heterocycles. The third kappa shape index (κ3) is 3.80. The van der Waals surface area contributed by atoms with Gasteiger partial charge in [0.2, 0.25) is 0 Å². The van der Waals surface area contributed by atoms with Crippen molar-refractivity contribution in [3.05, 3.63) is 0 Å². The lowest BCUT2D eigenvalue weighted by Gasteiger charge is -2.59. The van der Waals surface area contributed by atoms with Crippen LogP contribution in [0.3, 0.4) is 0 Å². The first-order valence-corrected chi connectivity index (χ1v) is 13.0. The molecule has 0 unspecified atom stereocenters. The standard InChI is InChI=1S/C25H46BNO3/c1-6-7-8-9-12-19-17-22(26-29-23(2,3)24(4,5)30-26)21-13-10-11-15-25(21)16-14-20(18-28)27(19)25/h19-22,28H,6-18H2,1-5H3/t19-,20+,21-,22-,25+/m0/s1. The quantitative estimate of drug-likeness (QED) is 0.432. The summed E-state index contributed by atoms with van der Waals surface area (Å²) in [7, 11) is -0.0801. The lowest BCUT2D eigenvalue weighted by molar-refractivity contribution is -0.0746. The molecule has 4 aliphatic rings. The second-order valence-corrected chi connectivity index (χ2v) is 11.8. The molecule has 0 aromatic carbocycles. The number of hydrogen-bond acceptors (Lipinski definition) is 4. The number of hydrogen-bond donors (Lipinski definition) is 1. The van der Waals surface area contributed by atoms with Crippen molar-refractivity contribution in [1.82, 2.24) is 4.90 Å². The van der Waals surface area contributed by atoms with Crippen molar-refractivity contribution in [1.29, 1.82) is 0 Å². The molecule has 0 aromatic heterocycles. The fraction of sp³-hybridized carbons (Fsp3) is 1.00. The van der Waals surface area contributed by atoms with Gasteiger partial charge in [-0.05, 0) is 78.0 Å². The molecular formula is C25H46BNO3. The van der Waals surface area contributed by atoms with Crippen LogP contribution in [-0.4, -0.2) is 52.6 Å². The number of piperidine rings is 1. The van der Waals surface area contributed by atoms with Gasteiger partial charge in [-0.2, -0.15) is 0 Å². The van der Waals surface area contributed by atoms with Crippen LogP contribution in [0.2, 0.25) is 5.82 Å². The summed E-state index contributed by atoms with van der Waals surface area (Å²) in [5.74, 6) is 1.13. The average Bonchev–Trinajstić information content (AvgIpc) is 3.17. The maximum Gasteiger partial charge on any atom is 0.461 e. The Morgan fingerprint density at radius 3 is 2.33 bits per heavy atom. The Morgan fingerprint density at radius 1 is 0.933 bits per heavy atom. The van der Waals surface area contributed by atoms with Crippen LogP contribution in [-0.2, 0) is 9.31 Å². The Morgan fingerprint density at radius 2 is 1.67 bits per heavy atom. The normalized spacial score (nSPS) is 40.4. The molecule has 30 heavy (non-hydrogen) atoms. The second-order valence-electron chi connectivity index (χ2n) is 11.8. The summed E-state index contributed by atoms with van der Waals surface area (Å²) in [5.41, 5.74) is -0.235. The van der Waals surface area contributed by atoms with Crippen molar-refractivity contribution in [3.63, 3.8) is 0 Å². The van der Waals surface area contributed by atoms with Crippen LogP contribution in [0.5, 0.6) is 0 Å². The van der Waals surface area contributed by atoms with E-state index in [1.54, 1.807) is 0 Å². The summed E-state index contributed by atoms with van der Waals surface area (Å²) in [4.78, 5) is 2.85. The highest BCUT2D eigenvalue weighted by Gasteiger charge is 2.64. The number of nitrogens with zero attached hydrogens (tertiary/aromatic N) is 1. The van der Waals surface area contributed by atoms with E-state index in [2.05, 4.69) is 39.5 Å². The van der Waals surface area contributed by atoms with Gasteiger partial charge in [0, 0.05) is 17.6 Å². The Kier molecular flexibility index (Phi) is 6.68. The topological polar surface area (TPSA) is 41.9 Å². The maximum atomic E-state index is 10.2. The van der Waals surface area contributed by atoms with Crippen LogP contribution in [0.4, 0.5) is 0 Å². The number of unbranched alkanes of at least 4 members (excludes halogenated alkanes) is 3. The zero-order valence-corrected chi connectivity index (χ0v) is 20.3. The van der Waals surface area contributed by atoms with Crippen LogP contribution in [0.25, 0.3) is 0 Å². The van der Waals surface area contributed by atoms with Crippen molar-refractivity contribution in [3.8, 4) is 0 Å². The molecule has 172 valence electrons. The van der Waals surface area contributed by atoms with Crippen LogP contribution < -0.4 is 0 Å². The Bertz CT molecular complexity index is 581. The fourth-order valence-corrected chi connectivity index (χ4v) is 7.40. The van der Waals surface area contributed by atoms with Crippen LogP contribution in [0, 0.1) is 5.92 Å². The highest BCUT2D eigenvalue weighted by Crippen LogP contribution is 2.60. The molecule has 4 fully saturated rings. The smallest absolute Gasteiger partial charge is 0.403 e. The molecule has 5 atom stereocenters. The minimum atomic E-state index is -0.253. The molecule has 0 radical (unpaired) electrons. The van der Waals surface area contributed by atoms with Gasteiger partial charge in [0.1, 0.15) is 0 Å². The molecule has 5 heteroatoms. The molecule has 1 saturated carbocycles. The van der Waals surface area contributed by atoms with Gasteiger partial charge in [0.15, 0.2) is 0 Å². The minimum absolute atomic E-state index is 0.0801. The monoisotopic (exact) mass is 419 g/mol. The minimum Gasteiger partial charge on any atom is -0.403 e. The van der Waals surface area contributed by atoms with Crippen molar-refractivity contribution < 1.29 is 14.4 Å². The van der Waals surface area contributed by atoms with Crippen molar-refractivity contribution in [2.45, 2.75) is 146 Å². The summed E-state index contributed by atoms with van der Waals surface area (Å²) in [6.45, 7) is 11.4. The molecule has 3 saturated heterocycles. The average molecular weight is 419 g/mol. The summed E-state index contributed by atoms with van der Waals surface area (Å²) >= 11 is 0. The second kappa shape index (κ2) is 8.69. The number of rotatable bonds is 7. The van der Waals surface area contributed by atoms with E-state index < -0.39 is 0 Å². The van der Waals surface area contributed by atoms with E-state index in [0.717, 1.165) is 6.42 Å². The number of aliphatic hydroxyl groups is 1. The van der Waals surface area contributed by atoms with E-state index in [9.17, 15) is 5.11 Å². The van der Waals surface area contributed by atoms with Crippen molar-refractivity contribution in [2.75, 3.05) is 6.61 Å². The first-order valence-electron chi connectivity index (χ1n) is 13.0. The van der Waals surface area contributed by atoms with Crippen LogP contribution in [0.1, 0.15) is 112 Å². The van der Waals surface area contributed by atoms with Gasteiger partial charge in [0.05, 0.1) is 17.8 Å². The first kappa shape index (κ1) is 23.1. The van der Waals surface area contributed by atoms with E-state index in [1.165, 1.54) is 70.6 Å². The van der Waals surface area contributed by atoms with Gasteiger partial charge < -0.3 is 14.4 Å². The third-order valence-corrected chi connectivity index (χ3v) is 9.56. The Hall–Kier alpha value is -0.0951. The summed E-state index contributed by atoms with van der Waals surface area (Å²) in [5, 5.41) is 10.2. The first-order chi connectivity index (χ1) is 14.3. The van der Waals surface area contributed by atoms with Gasteiger partial charge in [0.25, 0.3) is 0 Å². The van der Waals surface area contributed by atoms with Gasteiger partial charge in [-0.3, -0.25) is 4.90 Å². The molecule has 0 amide bonds. The predicted molar refractivity (Wildman–Crippen MR) is 124 cm³/mol. The summed E-state index contributed by atoms with van der Waals surface area (Å²) < 4.78 is 13.3. The zero-order chi connectivity index (χ0) is 21.6. The SMILES string of the molecule is CCCCCC[C@H]1C[C@H](B2OC(C)(C)C(C)(C)O2)[C@@H]2CCCC[C@@]23CC[C@H](CO)N13. The van der Waals surface area contributed by atoms with E-state index in [4.69, 9.17) is 9.31 Å². The maximum absolute atomic E-state index is 10.2. The summed E-state index contributed by atoms with van der Waals surface area (Å²) in [6.07, 6.45) is 15.4. The molecule has 4 nitrogen and oxygen atoms in total. The summed E-state index contributed by atoms with van der Waals surface area (Å²) in [6, 6.07) is 0.931. The highest BCUT2D eigenvalue weighted by atomic mass is 16.7. The largest absolute Gasteiger partial charge is 0.461 e. The van der Waals surface area contributed by atoms with Gasteiger partial charge >= 0.3 is 7.12 Å². The Labute approximate surface area is 185 Å². The molecule has 0 bridgehead atoms. The lowest BCUT2D eigenvalue weighted by atomic mass is 9.51. The molecular weight excluding hydrogens is 373 g/mol. The lowest BCUT2D eigenvalue weighted by Crippen LogP contribution is -2.64. The zero-order valence-electron chi connectivity index (χ0n) is 20.3. The Balaban J connectivity index is 1.62. The van der Waals surface area contributed by atoms with Crippen molar-refractivity contribution in [2.24, 2.45) is 5.92 Å². The van der Waals surface area contributed by atoms with Gasteiger partial charge in [-0.15, -0.1) is 0 Å². The predicted octanol–water partition coefficient (Wildman–Crippen LogP) is 5.58. The number of aliphatic hydroxyl groups excluding tert-OH is 1. The van der Waals surface area contributed by atoms with E-state index in [1.807, 2.05) is 0 Å². The molecule has 1 aliphatic carbocycles. The third-order valence-electron chi connectivity index (χ3n) is 9.56. The fourth-order valence-electron chi connectivity index (χ4n) is 7.40. The van der Waals surface area contributed by atoms with Gasteiger partial charge in [-0.1, -0.05) is 45.4 Å². The van der Waals surface area contributed by atoms with Crippen LogP contribution >= 0.6 is 0 Å².